The average Bonchev–Trinajstić information content (AvgIpc) is 2.69. The third-order valence-corrected chi connectivity index (χ3v) is 5.78. The molecular weight excluding hydrogens is 428 g/mol. The number of hydrogen-bond donors (Lipinski definition) is 2. The molecule has 9 heteroatoms. The molecule has 2 rings (SSSR count). The van der Waals surface area contributed by atoms with Crippen molar-refractivity contribution in [2.45, 2.75) is 19.1 Å². The number of nitrogens with one attached hydrogen (secondary N) is 2. The lowest BCUT2D eigenvalue weighted by molar-refractivity contribution is -0.113. The Morgan fingerprint density at radius 1 is 1.07 bits per heavy atom. The van der Waals surface area contributed by atoms with Crippen molar-refractivity contribution in [2.75, 3.05) is 30.8 Å². The summed E-state index contributed by atoms with van der Waals surface area (Å²) in [7, 11) is -3.69. The summed E-state index contributed by atoms with van der Waals surface area (Å²) in [5, 5.41) is 5.79. The Hall–Kier alpha value is -2.42. The summed E-state index contributed by atoms with van der Waals surface area (Å²) >= 11 is 5.80. The first-order chi connectivity index (χ1) is 14.3. The molecule has 2 aromatic carbocycles. The molecule has 0 aliphatic heterocycles. The standard InChI is InChI=1S/C21H25ClN2O5S/c1-2-29-13-5-12-23-21(26)18-6-3-4-7-19(18)24-20(25)15-30(27,28)14-16-8-10-17(22)11-9-16/h3-4,6-11H,2,5,12-15H2,1H3,(H,23,26)(H,24,25). The summed E-state index contributed by atoms with van der Waals surface area (Å²) in [6.07, 6.45) is 0.664. The maximum absolute atomic E-state index is 12.4. The molecule has 0 bridgehead atoms. The molecule has 0 atom stereocenters. The number of ether oxygens (including phenoxy) is 1. The first-order valence-electron chi connectivity index (χ1n) is 9.50. The first-order valence-corrected chi connectivity index (χ1v) is 11.7. The predicted molar refractivity (Wildman–Crippen MR) is 117 cm³/mol. The fourth-order valence-corrected chi connectivity index (χ4v) is 4.08. The van der Waals surface area contributed by atoms with E-state index < -0.39 is 21.5 Å². The fourth-order valence-electron chi connectivity index (χ4n) is 2.68. The van der Waals surface area contributed by atoms with Crippen LogP contribution in [0.15, 0.2) is 48.5 Å². The molecule has 30 heavy (non-hydrogen) atoms. The van der Waals surface area contributed by atoms with Crippen LogP contribution in [0.5, 0.6) is 0 Å². The molecule has 162 valence electrons. The topological polar surface area (TPSA) is 102 Å². The van der Waals surface area contributed by atoms with E-state index in [1.54, 1.807) is 48.5 Å². The number of para-hydroxylation sites is 1. The van der Waals surface area contributed by atoms with Gasteiger partial charge in [-0.3, -0.25) is 9.59 Å². The van der Waals surface area contributed by atoms with Gasteiger partial charge in [0.2, 0.25) is 5.91 Å². The van der Waals surface area contributed by atoms with Crippen LogP contribution in [0.2, 0.25) is 5.02 Å². The summed E-state index contributed by atoms with van der Waals surface area (Å²) < 4.78 is 29.9. The van der Waals surface area contributed by atoms with E-state index in [0.717, 1.165) is 0 Å². The van der Waals surface area contributed by atoms with Crippen molar-refractivity contribution in [3.05, 3.63) is 64.7 Å². The van der Waals surface area contributed by atoms with Gasteiger partial charge in [-0.15, -0.1) is 0 Å². The van der Waals surface area contributed by atoms with Crippen LogP contribution < -0.4 is 10.6 Å². The number of amides is 2. The molecule has 0 aliphatic rings. The molecule has 0 saturated heterocycles. The van der Waals surface area contributed by atoms with Gasteiger partial charge >= 0.3 is 0 Å². The van der Waals surface area contributed by atoms with E-state index >= 15 is 0 Å². The van der Waals surface area contributed by atoms with Crippen LogP contribution in [0.3, 0.4) is 0 Å². The number of rotatable bonds is 11. The molecule has 0 heterocycles. The zero-order chi connectivity index (χ0) is 22.0. The maximum atomic E-state index is 12.4. The van der Waals surface area contributed by atoms with E-state index in [1.807, 2.05) is 6.92 Å². The summed E-state index contributed by atoms with van der Waals surface area (Å²) in [4.78, 5) is 24.7. The minimum absolute atomic E-state index is 0.256. The Labute approximate surface area is 181 Å². The third kappa shape index (κ3) is 8.14. The van der Waals surface area contributed by atoms with Gasteiger partial charge in [-0.1, -0.05) is 35.9 Å². The molecule has 0 unspecified atom stereocenters. The number of benzene rings is 2. The van der Waals surface area contributed by atoms with E-state index in [4.69, 9.17) is 16.3 Å². The molecule has 0 saturated carbocycles. The van der Waals surface area contributed by atoms with Crippen LogP contribution in [0.25, 0.3) is 0 Å². The largest absolute Gasteiger partial charge is 0.382 e. The summed E-state index contributed by atoms with van der Waals surface area (Å²) in [5.74, 6) is -2.04. The normalized spacial score (nSPS) is 11.1. The molecular formula is C21H25ClN2O5S. The second kappa shape index (κ2) is 11.7. The quantitative estimate of drug-likeness (QED) is 0.510. The third-order valence-electron chi connectivity index (χ3n) is 4.05. The summed E-state index contributed by atoms with van der Waals surface area (Å²) in [6, 6.07) is 12.8. The Morgan fingerprint density at radius 2 is 1.77 bits per heavy atom. The summed E-state index contributed by atoms with van der Waals surface area (Å²) in [6.45, 7) is 3.48. The first kappa shape index (κ1) is 23.9. The highest BCUT2D eigenvalue weighted by atomic mass is 35.5. The van der Waals surface area contributed by atoms with Crippen molar-refractivity contribution in [2.24, 2.45) is 0 Å². The Morgan fingerprint density at radius 3 is 2.47 bits per heavy atom. The number of halogens is 1. The Balaban J connectivity index is 1.96. The van der Waals surface area contributed by atoms with Gasteiger partial charge in [0.15, 0.2) is 9.84 Å². The van der Waals surface area contributed by atoms with Crippen molar-refractivity contribution in [3.63, 3.8) is 0 Å². The van der Waals surface area contributed by atoms with Gasteiger partial charge in [-0.05, 0) is 43.2 Å². The highest BCUT2D eigenvalue weighted by Crippen LogP contribution is 2.16. The van der Waals surface area contributed by atoms with E-state index in [1.165, 1.54) is 0 Å². The molecule has 0 fully saturated rings. The SMILES string of the molecule is CCOCCCNC(=O)c1ccccc1NC(=O)CS(=O)(=O)Cc1ccc(Cl)cc1. The molecule has 0 spiro atoms. The number of hydrogen-bond acceptors (Lipinski definition) is 5. The van der Waals surface area contributed by atoms with Gasteiger partial charge in [0, 0.05) is 24.8 Å². The number of carbonyl (C=O) groups excluding carboxylic acids is 2. The average molecular weight is 453 g/mol. The zero-order valence-corrected chi connectivity index (χ0v) is 18.3. The zero-order valence-electron chi connectivity index (χ0n) is 16.7. The van der Waals surface area contributed by atoms with Crippen molar-refractivity contribution in [1.82, 2.24) is 5.32 Å². The summed E-state index contributed by atoms with van der Waals surface area (Å²) in [5.41, 5.74) is 1.06. The molecule has 0 aliphatic carbocycles. The molecule has 0 radical (unpaired) electrons. The van der Waals surface area contributed by atoms with E-state index in [-0.39, 0.29) is 22.9 Å². The number of sulfone groups is 1. The highest BCUT2D eigenvalue weighted by Gasteiger charge is 2.19. The monoisotopic (exact) mass is 452 g/mol. The van der Waals surface area contributed by atoms with Crippen molar-refractivity contribution in [3.8, 4) is 0 Å². The van der Waals surface area contributed by atoms with Crippen molar-refractivity contribution in [1.29, 1.82) is 0 Å². The lowest BCUT2D eigenvalue weighted by Crippen LogP contribution is -2.28. The minimum atomic E-state index is -3.69. The van der Waals surface area contributed by atoms with E-state index in [2.05, 4.69) is 10.6 Å². The highest BCUT2D eigenvalue weighted by molar-refractivity contribution is 7.91. The van der Waals surface area contributed by atoms with E-state index in [0.29, 0.717) is 36.8 Å². The fraction of sp³-hybridized carbons (Fsp3) is 0.333. The van der Waals surface area contributed by atoms with Crippen LogP contribution in [0.4, 0.5) is 5.69 Å². The smallest absolute Gasteiger partial charge is 0.253 e. The van der Waals surface area contributed by atoms with Gasteiger partial charge < -0.3 is 15.4 Å². The van der Waals surface area contributed by atoms with Crippen LogP contribution in [-0.2, 0) is 25.1 Å². The van der Waals surface area contributed by atoms with Gasteiger partial charge in [-0.25, -0.2) is 8.42 Å². The van der Waals surface area contributed by atoms with Crippen molar-refractivity contribution >= 4 is 38.9 Å². The number of anilines is 1. The van der Waals surface area contributed by atoms with Crippen LogP contribution in [0.1, 0.15) is 29.3 Å². The Kier molecular flexibility index (Phi) is 9.29. The van der Waals surface area contributed by atoms with E-state index in [9.17, 15) is 18.0 Å². The molecule has 0 aromatic heterocycles. The Bertz CT molecular complexity index is 962. The second-order valence-corrected chi connectivity index (χ2v) is 9.06. The predicted octanol–water partition coefficient (Wildman–Crippen LogP) is 3.05. The minimum Gasteiger partial charge on any atom is -0.382 e. The second-order valence-electron chi connectivity index (χ2n) is 6.56. The van der Waals surface area contributed by atoms with Crippen LogP contribution in [0, 0.1) is 0 Å². The van der Waals surface area contributed by atoms with Gasteiger partial charge in [0.1, 0.15) is 5.75 Å². The molecule has 2 aromatic rings. The van der Waals surface area contributed by atoms with Crippen LogP contribution in [-0.4, -0.2) is 45.7 Å². The number of carbonyl (C=O) groups is 2. The van der Waals surface area contributed by atoms with Gasteiger partial charge in [0.25, 0.3) is 5.91 Å². The molecule has 2 amide bonds. The van der Waals surface area contributed by atoms with Gasteiger partial charge in [0.05, 0.1) is 17.0 Å². The van der Waals surface area contributed by atoms with Gasteiger partial charge in [-0.2, -0.15) is 0 Å². The lowest BCUT2D eigenvalue weighted by Gasteiger charge is -2.12. The molecule has 7 nitrogen and oxygen atoms in total. The lowest BCUT2D eigenvalue weighted by atomic mass is 10.1. The molecule has 2 N–H and O–H groups in total. The van der Waals surface area contributed by atoms with Crippen LogP contribution >= 0.6 is 11.6 Å². The maximum Gasteiger partial charge on any atom is 0.253 e. The van der Waals surface area contributed by atoms with Crippen molar-refractivity contribution < 1.29 is 22.7 Å².